The number of halogens is 1. The molecule has 0 saturated carbocycles. The molecule has 1 fully saturated rings. The first-order chi connectivity index (χ1) is 14.2. The van der Waals surface area contributed by atoms with Crippen molar-refractivity contribution in [1.29, 1.82) is 0 Å². The molecule has 1 heterocycles. The summed E-state index contributed by atoms with van der Waals surface area (Å²) in [6.45, 7) is 0.122. The number of benzene rings is 2. The number of nitro benzene ring substituents is 1. The van der Waals surface area contributed by atoms with E-state index in [1.807, 2.05) is 0 Å². The van der Waals surface area contributed by atoms with E-state index in [0.717, 1.165) is 5.56 Å². The third kappa shape index (κ3) is 4.29. The molecular formula is C20H18BrN3O5S. The van der Waals surface area contributed by atoms with Crippen molar-refractivity contribution < 1.29 is 19.2 Å². The van der Waals surface area contributed by atoms with Gasteiger partial charge in [-0.05, 0) is 57.5 Å². The van der Waals surface area contributed by atoms with Gasteiger partial charge < -0.3 is 14.4 Å². The molecule has 3 rings (SSSR count). The predicted molar refractivity (Wildman–Crippen MR) is 119 cm³/mol. The molecule has 0 aromatic heterocycles. The summed E-state index contributed by atoms with van der Waals surface area (Å²) in [4.78, 5) is 25.9. The van der Waals surface area contributed by atoms with Crippen LogP contribution in [0, 0.1) is 10.1 Å². The third-order valence-electron chi connectivity index (χ3n) is 4.52. The van der Waals surface area contributed by atoms with Crippen LogP contribution in [0.25, 0.3) is 6.08 Å². The number of carbonyl (C=O) groups is 1. The van der Waals surface area contributed by atoms with Crippen molar-refractivity contribution in [3.63, 3.8) is 0 Å². The number of ether oxygens (including phenoxy) is 2. The lowest BCUT2D eigenvalue weighted by Crippen LogP contribution is -2.26. The zero-order valence-electron chi connectivity index (χ0n) is 16.4. The minimum Gasteiger partial charge on any atom is -0.493 e. The summed E-state index contributed by atoms with van der Waals surface area (Å²) in [6.07, 6.45) is 1.72. The largest absolute Gasteiger partial charge is 0.493 e. The summed E-state index contributed by atoms with van der Waals surface area (Å²) in [5, 5.41) is 11.4. The van der Waals surface area contributed by atoms with Gasteiger partial charge in [0.25, 0.3) is 11.6 Å². The predicted octanol–water partition coefficient (Wildman–Crippen LogP) is 3.97. The maximum absolute atomic E-state index is 12.4. The second-order valence-electron chi connectivity index (χ2n) is 6.49. The van der Waals surface area contributed by atoms with E-state index in [4.69, 9.17) is 21.7 Å². The normalized spacial score (nSPS) is 15.1. The Kier molecular flexibility index (Phi) is 6.37. The van der Waals surface area contributed by atoms with Crippen LogP contribution in [0.3, 0.4) is 0 Å². The molecule has 1 saturated heterocycles. The lowest BCUT2D eigenvalue weighted by atomic mass is 10.1. The van der Waals surface area contributed by atoms with Crippen molar-refractivity contribution in [3.05, 3.63) is 67.8 Å². The Morgan fingerprint density at radius 2 is 1.97 bits per heavy atom. The van der Waals surface area contributed by atoms with Gasteiger partial charge in [0, 0.05) is 26.2 Å². The van der Waals surface area contributed by atoms with Gasteiger partial charge in [-0.15, -0.1) is 0 Å². The summed E-state index contributed by atoms with van der Waals surface area (Å²) in [5.41, 5.74) is 1.81. The summed E-state index contributed by atoms with van der Waals surface area (Å²) in [6, 6.07) is 9.76. The molecule has 10 heteroatoms. The first kappa shape index (κ1) is 21.7. The van der Waals surface area contributed by atoms with Crippen LogP contribution in [-0.2, 0) is 11.4 Å². The number of nitrogens with zero attached hydrogens (tertiary/aromatic N) is 3. The van der Waals surface area contributed by atoms with Crippen LogP contribution in [0.2, 0.25) is 0 Å². The van der Waals surface area contributed by atoms with Gasteiger partial charge in [0.15, 0.2) is 16.6 Å². The topological polar surface area (TPSA) is 85.2 Å². The number of hydrogen-bond acceptors (Lipinski definition) is 6. The molecular weight excluding hydrogens is 474 g/mol. The number of non-ortho nitro benzene ring substituents is 1. The minimum atomic E-state index is -0.452. The lowest BCUT2D eigenvalue weighted by Gasteiger charge is -2.14. The van der Waals surface area contributed by atoms with Crippen molar-refractivity contribution in [2.45, 2.75) is 6.61 Å². The van der Waals surface area contributed by atoms with Crippen LogP contribution in [0.1, 0.15) is 11.1 Å². The Morgan fingerprint density at radius 1 is 1.23 bits per heavy atom. The first-order valence-electron chi connectivity index (χ1n) is 8.74. The highest BCUT2D eigenvalue weighted by molar-refractivity contribution is 9.10. The van der Waals surface area contributed by atoms with Crippen molar-refractivity contribution in [2.24, 2.45) is 0 Å². The Labute approximate surface area is 187 Å². The van der Waals surface area contributed by atoms with Gasteiger partial charge in [-0.1, -0.05) is 12.1 Å². The van der Waals surface area contributed by atoms with Gasteiger partial charge in [0.2, 0.25) is 0 Å². The molecule has 8 nitrogen and oxygen atoms in total. The minimum absolute atomic E-state index is 0.00247. The molecule has 0 unspecified atom stereocenters. The standard InChI is InChI=1S/C20H18BrN3O5S/c1-22-16(19(25)23(2)20(22)30)9-13-8-15(21)18(17(10-13)28-3)29-11-12-5-4-6-14(7-12)24(26)27/h4-10H,11H2,1-3H3. The number of methoxy groups -OCH3 is 1. The van der Waals surface area contributed by atoms with Gasteiger partial charge in [0.05, 0.1) is 16.5 Å². The van der Waals surface area contributed by atoms with Crippen molar-refractivity contribution >= 4 is 50.9 Å². The quantitative estimate of drug-likeness (QED) is 0.261. The van der Waals surface area contributed by atoms with Crippen LogP contribution < -0.4 is 9.47 Å². The first-order valence-corrected chi connectivity index (χ1v) is 9.94. The maximum atomic E-state index is 12.4. The number of carbonyl (C=O) groups excluding carboxylic acids is 1. The van der Waals surface area contributed by atoms with E-state index in [-0.39, 0.29) is 18.2 Å². The molecule has 2 aromatic carbocycles. The summed E-state index contributed by atoms with van der Waals surface area (Å²) < 4.78 is 11.9. The Hall–Kier alpha value is -2.98. The van der Waals surface area contributed by atoms with E-state index in [0.29, 0.717) is 32.3 Å². The maximum Gasteiger partial charge on any atom is 0.276 e. The zero-order chi connectivity index (χ0) is 22.0. The fourth-order valence-corrected chi connectivity index (χ4v) is 3.68. The molecule has 0 spiro atoms. The fourth-order valence-electron chi connectivity index (χ4n) is 2.93. The molecule has 0 radical (unpaired) electrons. The lowest BCUT2D eigenvalue weighted by molar-refractivity contribution is -0.384. The van der Waals surface area contributed by atoms with E-state index in [1.54, 1.807) is 49.3 Å². The number of likely N-dealkylation sites (N-methyl/N-ethyl adjacent to an activating group) is 2. The highest BCUT2D eigenvalue weighted by atomic mass is 79.9. The number of thiocarbonyl (C=S) groups is 1. The van der Waals surface area contributed by atoms with Crippen molar-refractivity contribution in [2.75, 3.05) is 21.2 Å². The van der Waals surface area contributed by atoms with E-state index >= 15 is 0 Å². The molecule has 156 valence electrons. The molecule has 0 N–H and O–H groups in total. The molecule has 0 aliphatic carbocycles. The molecule has 0 bridgehead atoms. The molecule has 1 amide bonds. The second kappa shape index (κ2) is 8.80. The third-order valence-corrected chi connectivity index (χ3v) is 5.66. The second-order valence-corrected chi connectivity index (χ2v) is 7.70. The fraction of sp³-hybridized carbons (Fsp3) is 0.200. The Balaban J connectivity index is 1.87. The van der Waals surface area contributed by atoms with Gasteiger partial charge in [-0.2, -0.15) is 0 Å². The van der Waals surface area contributed by atoms with E-state index in [9.17, 15) is 14.9 Å². The van der Waals surface area contributed by atoms with Gasteiger partial charge >= 0.3 is 0 Å². The smallest absolute Gasteiger partial charge is 0.276 e. The molecule has 1 aliphatic heterocycles. The number of nitro groups is 1. The molecule has 2 aromatic rings. The van der Waals surface area contributed by atoms with Crippen LogP contribution >= 0.6 is 28.1 Å². The average Bonchev–Trinajstić information content (AvgIpc) is 2.90. The highest BCUT2D eigenvalue weighted by Crippen LogP contribution is 2.38. The van der Waals surface area contributed by atoms with Crippen LogP contribution in [0.4, 0.5) is 5.69 Å². The van der Waals surface area contributed by atoms with Gasteiger partial charge in [-0.3, -0.25) is 19.8 Å². The van der Waals surface area contributed by atoms with Crippen LogP contribution in [-0.4, -0.2) is 46.9 Å². The number of hydrogen-bond donors (Lipinski definition) is 0. The van der Waals surface area contributed by atoms with Crippen molar-refractivity contribution in [3.8, 4) is 11.5 Å². The molecule has 0 atom stereocenters. The Morgan fingerprint density at radius 3 is 2.57 bits per heavy atom. The van der Waals surface area contributed by atoms with Gasteiger partial charge in [0.1, 0.15) is 12.3 Å². The van der Waals surface area contributed by atoms with Gasteiger partial charge in [-0.25, -0.2) is 0 Å². The van der Waals surface area contributed by atoms with Crippen LogP contribution in [0.5, 0.6) is 11.5 Å². The van der Waals surface area contributed by atoms with Crippen LogP contribution in [0.15, 0.2) is 46.6 Å². The number of amides is 1. The Bertz CT molecular complexity index is 1070. The van der Waals surface area contributed by atoms with Crippen molar-refractivity contribution in [1.82, 2.24) is 9.80 Å². The molecule has 30 heavy (non-hydrogen) atoms. The monoisotopic (exact) mass is 491 g/mol. The average molecular weight is 492 g/mol. The number of rotatable bonds is 6. The zero-order valence-corrected chi connectivity index (χ0v) is 18.8. The summed E-state index contributed by atoms with van der Waals surface area (Å²) in [5.74, 6) is 0.708. The van der Waals surface area contributed by atoms with E-state index in [2.05, 4.69) is 15.9 Å². The van der Waals surface area contributed by atoms with E-state index in [1.165, 1.54) is 24.1 Å². The highest BCUT2D eigenvalue weighted by Gasteiger charge is 2.32. The summed E-state index contributed by atoms with van der Waals surface area (Å²) in [7, 11) is 4.87. The SMILES string of the molecule is COc1cc(C=C2C(=O)N(C)C(=S)N2C)cc(Br)c1OCc1cccc([N+](=O)[O-])c1. The van der Waals surface area contributed by atoms with E-state index < -0.39 is 4.92 Å². The molecule has 1 aliphatic rings. The summed E-state index contributed by atoms with van der Waals surface area (Å²) >= 11 is 8.71.